The van der Waals surface area contributed by atoms with Crippen molar-refractivity contribution in [3.05, 3.63) is 29.8 Å². The minimum atomic E-state index is 0.516. The minimum Gasteiger partial charge on any atom is -0.493 e. The summed E-state index contributed by atoms with van der Waals surface area (Å²) in [4.78, 5) is 0. The van der Waals surface area contributed by atoms with Crippen LogP contribution in [0.25, 0.3) is 0 Å². The van der Waals surface area contributed by atoms with Gasteiger partial charge in [-0.1, -0.05) is 39.8 Å². The van der Waals surface area contributed by atoms with Crippen molar-refractivity contribution in [3.8, 4) is 5.75 Å². The van der Waals surface area contributed by atoms with Gasteiger partial charge in [0.15, 0.2) is 0 Å². The SMILES string of the molecule is CCC(C)c1ccc(OCC(CS)C(C)C)cc1. The van der Waals surface area contributed by atoms with Crippen molar-refractivity contribution in [1.29, 1.82) is 0 Å². The maximum atomic E-state index is 5.84. The Kier molecular flexibility index (Phi) is 6.62. The summed E-state index contributed by atoms with van der Waals surface area (Å²) in [5.74, 6) is 3.60. The Labute approximate surface area is 117 Å². The van der Waals surface area contributed by atoms with Crippen LogP contribution < -0.4 is 4.74 Å². The first-order chi connectivity index (χ1) is 8.58. The smallest absolute Gasteiger partial charge is 0.119 e. The van der Waals surface area contributed by atoms with Gasteiger partial charge in [0.2, 0.25) is 0 Å². The van der Waals surface area contributed by atoms with Crippen LogP contribution in [0.1, 0.15) is 45.6 Å². The third kappa shape index (κ3) is 4.56. The molecule has 0 aliphatic rings. The fraction of sp³-hybridized carbons (Fsp3) is 0.625. The molecular weight excluding hydrogens is 240 g/mol. The van der Waals surface area contributed by atoms with Crippen molar-refractivity contribution in [2.75, 3.05) is 12.4 Å². The highest BCUT2D eigenvalue weighted by Gasteiger charge is 2.12. The molecule has 0 spiro atoms. The van der Waals surface area contributed by atoms with E-state index in [-0.39, 0.29) is 0 Å². The van der Waals surface area contributed by atoms with Gasteiger partial charge in [-0.2, -0.15) is 12.6 Å². The van der Waals surface area contributed by atoms with Crippen LogP contribution >= 0.6 is 12.6 Å². The molecule has 0 bridgehead atoms. The van der Waals surface area contributed by atoms with Crippen LogP contribution in [0, 0.1) is 11.8 Å². The van der Waals surface area contributed by atoms with Gasteiger partial charge < -0.3 is 4.74 Å². The average molecular weight is 266 g/mol. The van der Waals surface area contributed by atoms with Crippen LogP contribution in [0.5, 0.6) is 5.75 Å². The number of hydrogen-bond acceptors (Lipinski definition) is 2. The van der Waals surface area contributed by atoms with Gasteiger partial charge in [0.1, 0.15) is 5.75 Å². The third-order valence-corrected chi connectivity index (χ3v) is 4.17. The molecule has 0 radical (unpaired) electrons. The number of hydrogen-bond donors (Lipinski definition) is 1. The first kappa shape index (κ1) is 15.4. The third-order valence-electron chi connectivity index (χ3n) is 3.70. The molecule has 2 heteroatoms. The van der Waals surface area contributed by atoms with E-state index in [4.69, 9.17) is 4.74 Å². The summed E-state index contributed by atoms with van der Waals surface area (Å²) in [6.07, 6.45) is 1.18. The zero-order valence-corrected chi connectivity index (χ0v) is 12.9. The van der Waals surface area contributed by atoms with Gasteiger partial charge in [0.05, 0.1) is 6.61 Å². The summed E-state index contributed by atoms with van der Waals surface area (Å²) >= 11 is 4.38. The van der Waals surface area contributed by atoms with Gasteiger partial charge in [-0.25, -0.2) is 0 Å². The molecule has 0 aromatic heterocycles. The van der Waals surface area contributed by atoms with Gasteiger partial charge in [-0.05, 0) is 41.7 Å². The summed E-state index contributed by atoms with van der Waals surface area (Å²) in [6, 6.07) is 8.51. The zero-order chi connectivity index (χ0) is 13.5. The second-order valence-corrected chi connectivity index (χ2v) is 5.74. The van der Waals surface area contributed by atoms with Gasteiger partial charge in [-0.15, -0.1) is 0 Å². The fourth-order valence-electron chi connectivity index (χ4n) is 1.79. The Morgan fingerprint density at radius 1 is 1.11 bits per heavy atom. The Morgan fingerprint density at radius 3 is 2.17 bits per heavy atom. The fourth-order valence-corrected chi connectivity index (χ4v) is 2.31. The monoisotopic (exact) mass is 266 g/mol. The Hall–Kier alpha value is -0.630. The molecule has 1 nitrogen and oxygen atoms in total. The standard InChI is InChI=1S/C16H26OS/c1-5-13(4)14-6-8-16(9-7-14)17-10-15(11-18)12(2)3/h6-9,12-13,15,18H,5,10-11H2,1-4H3. The number of rotatable bonds is 7. The van der Waals surface area contributed by atoms with E-state index in [9.17, 15) is 0 Å². The van der Waals surface area contributed by atoms with Crippen LogP contribution in [-0.4, -0.2) is 12.4 Å². The first-order valence-electron chi connectivity index (χ1n) is 6.92. The van der Waals surface area contributed by atoms with Crippen LogP contribution in [0.15, 0.2) is 24.3 Å². The molecule has 18 heavy (non-hydrogen) atoms. The molecule has 0 saturated heterocycles. The van der Waals surface area contributed by atoms with Gasteiger partial charge >= 0.3 is 0 Å². The second-order valence-electron chi connectivity index (χ2n) is 5.38. The van der Waals surface area contributed by atoms with Crippen LogP contribution in [0.4, 0.5) is 0 Å². The summed E-state index contributed by atoms with van der Waals surface area (Å²) in [6.45, 7) is 9.66. The first-order valence-corrected chi connectivity index (χ1v) is 7.55. The quantitative estimate of drug-likeness (QED) is 0.699. The summed E-state index contributed by atoms with van der Waals surface area (Å²) in [5, 5.41) is 0. The Bertz CT molecular complexity index is 331. The normalized spacial score (nSPS) is 14.6. The maximum Gasteiger partial charge on any atom is 0.119 e. The van der Waals surface area contributed by atoms with Crippen molar-refractivity contribution >= 4 is 12.6 Å². The lowest BCUT2D eigenvalue weighted by Crippen LogP contribution is -2.19. The highest BCUT2D eigenvalue weighted by atomic mass is 32.1. The zero-order valence-electron chi connectivity index (χ0n) is 12.0. The highest BCUT2D eigenvalue weighted by Crippen LogP contribution is 2.22. The summed E-state index contributed by atoms with van der Waals surface area (Å²) < 4.78 is 5.84. The average Bonchev–Trinajstić information content (AvgIpc) is 2.39. The van der Waals surface area contributed by atoms with Crippen molar-refractivity contribution in [2.24, 2.45) is 11.8 Å². The number of benzene rings is 1. The van der Waals surface area contributed by atoms with E-state index in [1.165, 1.54) is 12.0 Å². The van der Waals surface area contributed by atoms with E-state index in [1.54, 1.807) is 0 Å². The van der Waals surface area contributed by atoms with E-state index in [1.807, 2.05) is 0 Å². The molecule has 0 aliphatic heterocycles. The van der Waals surface area contributed by atoms with E-state index in [0.717, 1.165) is 18.1 Å². The van der Waals surface area contributed by atoms with Crippen LogP contribution in [0.3, 0.4) is 0 Å². The van der Waals surface area contributed by atoms with Crippen LogP contribution in [-0.2, 0) is 0 Å². The molecule has 0 N–H and O–H groups in total. The van der Waals surface area contributed by atoms with E-state index < -0.39 is 0 Å². The Balaban J connectivity index is 2.53. The second kappa shape index (κ2) is 7.73. The topological polar surface area (TPSA) is 9.23 Å². The number of ether oxygens (including phenoxy) is 1. The molecule has 102 valence electrons. The largest absolute Gasteiger partial charge is 0.493 e. The molecule has 0 fully saturated rings. The molecular formula is C16H26OS. The molecule has 2 unspecified atom stereocenters. The summed E-state index contributed by atoms with van der Waals surface area (Å²) in [5.41, 5.74) is 1.39. The minimum absolute atomic E-state index is 0.516. The van der Waals surface area contributed by atoms with Crippen molar-refractivity contribution in [1.82, 2.24) is 0 Å². The van der Waals surface area contributed by atoms with Crippen molar-refractivity contribution < 1.29 is 4.74 Å². The molecule has 0 aliphatic carbocycles. The van der Waals surface area contributed by atoms with Crippen LogP contribution in [0.2, 0.25) is 0 Å². The lowest BCUT2D eigenvalue weighted by Gasteiger charge is -2.19. The predicted molar refractivity (Wildman–Crippen MR) is 82.8 cm³/mol. The van der Waals surface area contributed by atoms with Gasteiger partial charge in [0.25, 0.3) is 0 Å². The molecule has 0 heterocycles. The number of thiol groups is 1. The molecule has 2 atom stereocenters. The molecule has 1 aromatic carbocycles. The molecule has 0 saturated carbocycles. The van der Waals surface area contributed by atoms with Gasteiger partial charge in [-0.3, -0.25) is 0 Å². The highest BCUT2D eigenvalue weighted by molar-refractivity contribution is 7.80. The Morgan fingerprint density at radius 2 is 1.72 bits per heavy atom. The van der Waals surface area contributed by atoms with Gasteiger partial charge in [0, 0.05) is 5.92 Å². The lowest BCUT2D eigenvalue weighted by atomic mass is 9.98. The van der Waals surface area contributed by atoms with E-state index >= 15 is 0 Å². The molecule has 1 aromatic rings. The van der Waals surface area contributed by atoms with Crippen molar-refractivity contribution in [2.45, 2.75) is 40.0 Å². The maximum absolute atomic E-state index is 5.84. The molecule has 0 amide bonds. The van der Waals surface area contributed by atoms with E-state index in [2.05, 4.69) is 64.6 Å². The predicted octanol–water partition coefficient (Wildman–Crippen LogP) is 4.78. The van der Waals surface area contributed by atoms with E-state index in [0.29, 0.717) is 17.8 Å². The van der Waals surface area contributed by atoms with Crippen molar-refractivity contribution in [3.63, 3.8) is 0 Å². The lowest BCUT2D eigenvalue weighted by molar-refractivity contribution is 0.227. The molecule has 1 rings (SSSR count). The summed E-state index contributed by atoms with van der Waals surface area (Å²) in [7, 11) is 0.